The Hall–Kier alpha value is -0.450. The second-order valence-corrected chi connectivity index (χ2v) is 4.07. The number of ketones is 1. The SMILES string of the molecule is COCCCOCCOC1CCC(=O)CC1. The minimum atomic E-state index is 0.264. The first-order valence-electron chi connectivity index (χ1n) is 6.03. The van der Waals surface area contributed by atoms with Gasteiger partial charge < -0.3 is 14.2 Å². The van der Waals surface area contributed by atoms with Crippen LogP contribution in [0.2, 0.25) is 0 Å². The average Bonchev–Trinajstić information content (AvgIpc) is 2.30. The van der Waals surface area contributed by atoms with Gasteiger partial charge in [0, 0.05) is 33.2 Å². The van der Waals surface area contributed by atoms with E-state index in [1.807, 2.05) is 0 Å². The van der Waals surface area contributed by atoms with Gasteiger partial charge in [-0.15, -0.1) is 0 Å². The molecule has 1 aliphatic carbocycles. The summed E-state index contributed by atoms with van der Waals surface area (Å²) in [6.07, 6.45) is 4.30. The second kappa shape index (κ2) is 8.67. The molecule has 0 radical (unpaired) electrons. The van der Waals surface area contributed by atoms with Gasteiger partial charge in [-0.1, -0.05) is 0 Å². The Labute approximate surface area is 97.2 Å². The molecular weight excluding hydrogens is 208 g/mol. The van der Waals surface area contributed by atoms with Crippen molar-refractivity contribution in [1.29, 1.82) is 0 Å². The highest BCUT2D eigenvalue weighted by Crippen LogP contribution is 2.17. The Morgan fingerprint density at radius 2 is 1.88 bits per heavy atom. The van der Waals surface area contributed by atoms with Gasteiger partial charge >= 0.3 is 0 Å². The number of rotatable bonds is 8. The van der Waals surface area contributed by atoms with Crippen LogP contribution >= 0.6 is 0 Å². The van der Waals surface area contributed by atoms with Crippen LogP contribution < -0.4 is 0 Å². The highest BCUT2D eigenvalue weighted by Gasteiger charge is 2.18. The molecule has 0 aromatic rings. The number of hydrogen-bond acceptors (Lipinski definition) is 4. The minimum Gasteiger partial charge on any atom is -0.385 e. The van der Waals surface area contributed by atoms with Gasteiger partial charge in [-0.3, -0.25) is 4.79 Å². The van der Waals surface area contributed by atoms with Gasteiger partial charge in [0.05, 0.1) is 19.3 Å². The van der Waals surface area contributed by atoms with Crippen LogP contribution in [0.4, 0.5) is 0 Å². The third-order valence-corrected chi connectivity index (χ3v) is 2.71. The van der Waals surface area contributed by atoms with Crippen LogP contribution in [-0.2, 0) is 19.0 Å². The molecule has 1 saturated carbocycles. The van der Waals surface area contributed by atoms with E-state index in [4.69, 9.17) is 14.2 Å². The van der Waals surface area contributed by atoms with Crippen molar-refractivity contribution < 1.29 is 19.0 Å². The molecule has 0 aliphatic heterocycles. The molecule has 0 N–H and O–H groups in total. The van der Waals surface area contributed by atoms with Crippen molar-refractivity contribution in [2.45, 2.75) is 38.2 Å². The summed E-state index contributed by atoms with van der Waals surface area (Å²) in [6, 6.07) is 0. The van der Waals surface area contributed by atoms with E-state index in [1.54, 1.807) is 7.11 Å². The first kappa shape index (κ1) is 13.6. The summed E-state index contributed by atoms with van der Waals surface area (Å²) < 4.78 is 15.9. The number of carbonyl (C=O) groups is 1. The van der Waals surface area contributed by atoms with Gasteiger partial charge in [-0.2, -0.15) is 0 Å². The number of carbonyl (C=O) groups excluding carboxylic acids is 1. The Balaban J connectivity index is 1.85. The molecule has 0 atom stereocenters. The number of Topliss-reactive ketones (excluding diaryl/α,β-unsaturated/α-hetero) is 1. The third-order valence-electron chi connectivity index (χ3n) is 2.71. The summed E-state index contributed by atoms with van der Waals surface area (Å²) in [4.78, 5) is 11.0. The van der Waals surface area contributed by atoms with Crippen molar-refractivity contribution in [3.8, 4) is 0 Å². The van der Waals surface area contributed by atoms with Crippen molar-refractivity contribution in [2.24, 2.45) is 0 Å². The Bertz CT molecular complexity index is 183. The van der Waals surface area contributed by atoms with E-state index in [0.717, 1.165) is 32.5 Å². The topological polar surface area (TPSA) is 44.8 Å². The normalized spacial score (nSPS) is 17.9. The second-order valence-electron chi connectivity index (χ2n) is 4.07. The monoisotopic (exact) mass is 230 g/mol. The fourth-order valence-corrected chi connectivity index (χ4v) is 1.76. The standard InChI is InChI=1S/C12H22O4/c1-14-7-2-8-15-9-10-16-12-5-3-11(13)4-6-12/h12H,2-10H2,1H3. The Morgan fingerprint density at radius 3 is 2.56 bits per heavy atom. The van der Waals surface area contributed by atoms with Gasteiger partial charge in [0.15, 0.2) is 0 Å². The summed E-state index contributed by atoms with van der Waals surface area (Å²) in [5.41, 5.74) is 0. The van der Waals surface area contributed by atoms with Gasteiger partial charge in [0.1, 0.15) is 5.78 Å². The molecule has 4 nitrogen and oxygen atoms in total. The average molecular weight is 230 g/mol. The fraction of sp³-hybridized carbons (Fsp3) is 0.917. The lowest BCUT2D eigenvalue weighted by atomic mass is 9.97. The maximum absolute atomic E-state index is 11.0. The molecular formula is C12H22O4. The predicted octanol–water partition coefficient (Wildman–Crippen LogP) is 1.57. The molecule has 1 rings (SSSR count). The van der Waals surface area contributed by atoms with Crippen LogP contribution in [0.15, 0.2) is 0 Å². The van der Waals surface area contributed by atoms with Gasteiger partial charge in [-0.05, 0) is 19.3 Å². The summed E-state index contributed by atoms with van der Waals surface area (Å²) in [5.74, 6) is 0.371. The van der Waals surface area contributed by atoms with Gasteiger partial charge in [-0.25, -0.2) is 0 Å². The molecule has 0 saturated heterocycles. The van der Waals surface area contributed by atoms with E-state index in [0.29, 0.717) is 31.8 Å². The molecule has 0 aromatic heterocycles. The molecule has 0 heterocycles. The summed E-state index contributed by atoms with van der Waals surface area (Å²) >= 11 is 0. The number of hydrogen-bond donors (Lipinski definition) is 0. The number of ether oxygens (including phenoxy) is 3. The van der Waals surface area contributed by atoms with Crippen molar-refractivity contribution in [3.05, 3.63) is 0 Å². The Morgan fingerprint density at radius 1 is 1.12 bits per heavy atom. The zero-order valence-corrected chi connectivity index (χ0v) is 10.1. The predicted molar refractivity (Wildman–Crippen MR) is 60.5 cm³/mol. The van der Waals surface area contributed by atoms with Gasteiger partial charge in [0.2, 0.25) is 0 Å². The van der Waals surface area contributed by atoms with Gasteiger partial charge in [0.25, 0.3) is 0 Å². The van der Waals surface area contributed by atoms with E-state index in [1.165, 1.54) is 0 Å². The van der Waals surface area contributed by atoms with Crippen LogP contribution in [0.5, 0.6) is 0 Å². The molecule has 4 heteroatoms. The van der Waals surface area contributed by atoms with Crippen LogP contribution in [0.25, 0.3) is 0 Å². The van der Waals surface area contributed by atoms with E-state index in [2.05, 4.69) is 0 Å². The maximum atomic E-state index is 11.0. The zero-order valence-electron chi connectivity index (χ0n) is 10.1. The zero-order chi connectivity index (χ0) is 11.6. The van der Waals surface area contributed by atoms with E-state index >= 15 is 0 Å². The van der Waals surface area contributed by atoms with Crippen molar-refractivity contribution in [1.82, 2.24) is 0 Å². The molecule has 16 heavy (non-hydrogen) atoms. The molecule has 1 fully saturated rings. The van der Waals surface area contributed by atoms with Crippen LogP contribution in [0, 0.1) is 0 Å². The molecule has 0 amide bonds. The van der Waals surface area contributed by atoms with Crippen molar-refractivity contribution in [3.63, 3.8) is 0 Å². The lowest BCUT2D eigenvalue weighted by Gasteiger charge is -2.21. The molecule has 0 unspecified atom stereocenters. The lowest BCUT2D eigenvalue weighted by molar-refractivity contribution is -0.123. The highest BCUT2D eigenvalue weighted by atomic mass is 16.5. The summed E-state index contributed by atoms with van der Waals surface area (Å²) in [6.45, 7) is 2.73. The molecule has 94 valence electrons. The Kier molecular flexibility index (Phi) is 7.38. The summed E-state index contributed by atoms with van der Waals surface area (Å²) in [7, 11) is 1.69. The molecule has 1 aliphatic rings. The number of methoxy groups -OCH3 is 1. The van der Waals surface area contributed by atoms with Crippen molar-refractivity contribution in [2.75, 3.05) is 33.5 Å². The van der Waals surface area contributed by atoms with E-state index in [-0.39, 0.29) is 6.10 Å². The first-order chi connectivity index (χ1) is 7.83. The van der Waals surface area contributed by atoms with E-state index < -0.39 is 0 Å². The smallest absolute Gasteiger partial charge is 0.133 e. The minimum absolute atomic E-state index is 0.264. The quantitative estimate of drug-likeness (QED) is 0.594. The van der Waals surface area contributed by atoms with E-state index in [9.17, 15) is 4.79 Å². The van der Waals surface area contributed by atoms with Crippen molar-refractivity contribution >= 4 is 5.78 Å². The highest BCUT2D eigenvalue weighted by molar-refractivity contribution is 5.79. The van der Waals surface area contributed by atoms with Crippen LogP contribution in [0.1, 0.15) is 32.1 Å². The molecule has 0 aromatic carbocycles. The molecule has 0 spiro atoms. The third kappa shape index (κ3) is 6.20. The molecule has 0 bridgehead atoms. The lowest BCUT2D eigenvalue weighted by Crippen LogP contribution is -2.23. The largest absolute Gasteiger partial charge is 0.385 e. The van der Waals surface area contributed by atoms with Crippen LogP contribution in [0.3, 0.4) is 0 Å². The summed E-state index contributed by atoms with van der Waals surface area (Å²) in [5, 5.41) is 0. The fourth-order valence-electron chi connectivity index (χ4n) is 1.76. The first-order valence-corrected chi connectivity index (χ1v) is 6.03. The maximum Gasteiger partial charge on any atom is 0.133 e. The van der Waals surface area contributed by atoms with Crippen LogP contribution in [-0.4, -0.2) is 45.4 Å².